The van der Waals surface area contributed by atoms with Gasteiger partial charge in [0.1, 0.15) is 0 Å². The van der Waals surface area contributed by atoms with E-state index in [1.54, 1.807) is 12.1 Å². The first-order valence-electron chi connectivity index (χ1n) is 11.4. The van der Waals surface area contributed by atoms with Gasteiger partial charge < -0.3 is 0 Å². The average Bonchev–Trinajstić information content (AvgIpc) is 2.93. The number of nitro groups is 1. The van der Waals surface area contributed by atoms with Gasteiger partial charge >= 0.3 is 0 Å². The zero-order valence-electron chi connectivity index (χ0n) is 19.0. The number of hydrogen-bond acceptors (Lipinski definition) is 2. The molecule has 168 valence electrons. The van der Waals surface area contributed by atoms with Crippen LogP contribution in [-0.4, -0.2) is 4.92 Å². The molecule has 1 aromatic heterocycles. The van der Waals surface area contributed by atoms with Crippen LogP contribution in [-0.2, 0) is 0 Å². The molecule has 5 aromatic rings. The highest BCUT2D eigenvalue weighted by Gasteiger charge is 2.22. The number of aromatic nitrogens is 1. The predicted molar refractivity (Wildman–Crippen MR) is 141 cm³/mol. The molecule has 0 amide bonds. The molecule has 5 rings (SSSR count). The van der Waals surface area contributed by atoms with Gasteiger partial charge in [0.05, 0.1) is 4.92 Å². The number of benzene rings is 4. The van der Waals surface area contributed by atoms with Crippen molar-refractivity contribution < 1.29 is 9.49 Å². The van der Waals surface area contributed by atoms with E-state index < -0.39 is 0 Å². The quantitative estimate of drug-likeness (QED) is 0.152. The summed E-state index contributed by atoms with van der Waals surface area (Å²) in [4.78, 5) is 10.9. The summed E-state index contributed by atoms with van der Waals surface area (Å²) >= 11 is 0. The minimum absolute atomic E-state index is 0.0751. The molecule has 0 bridgehead atoms. The van der Waals surface area contributed by atoms with E-state index in [1.807, 2.05) is 72.8 Å². The second kappa shape index (κ2) is 9.98. The lowest BCUT2D eigenvalue weighted by Gasteiger charge is -2.11. The van der Waals surface area contributed by atoms with Crippen molar-refractivity contribution >= 4 is 17.8 Å². The normalized spacial score (nSPS) is 11.0. The average molecular weight is 456 g/mol. The van der Waals surface area contributed by atoms with Crippen molar-refractivity contribution in [2.45, 2.75) is 0 Å². The van der Waals surface area contributed by atoms with Gasteiger partial charge in [0.15, 0.2) is 0 Å². The van der Waals surface area contributed by atoms with Crippen molar-refractivity contribution in [2.75, 3.05) is 0 Å². The molecule has 0 aliphatic heterocycles. The van der Waals surface area contributed by atoms with Crippen molar-refractivity contribution in [1.29, 1.82) is 0 Å². The summed E-state index contributed by atoms with van der Waals surface area (Å²) in [5, 5.41) is 11.2. The summed E-state index contributed by atoms with van der Waals surface area (Å²) in [6, 6.07) is 41.9. The van der Waals surface area contributed by atoms with Crippen LogP contribution in [0.3, 0.4) is 0 Å². The van der Waals surface area contributed by atoms with Gasteiger partial charge in [0, 0.05) is 48.0 Å². The van der Waals surface area contributed by atoms with Crippen molar-refractivity contribution in [3.05, 3.63) is 149 Å². The molecule has 0 atom stereocenters. The molecule has 0 aliphatic rings. The highest BCUT2D eigenvalue weighted by molar-refractivity contribution is 5.75. The molecular formula is C31H23N2O2+. The van der Waals surface area contributed by atoms with Crippen molar-refractivity contribution in [1.82, 2.24) is 0 Å². The third kappa shape index (κ3) is 4.92. The molecule has 0 saturated carbocycles. The molecule has 0 fully saturated rings. The molecule has 1 heterocycles. The first kappa shape index (κ1) is 22.0. The molecule has 0 N–H and O–H groups in total. The van der Waals surface area contributed by atoms with Crippen LogP contribution in [0.2, 0.25) is 0 Å². The molecule has 0 spiro atoms. The first-order valence-corrected chi connectivity index (χ1v) is 11.4. The van der Waals surface area contributed by atoms with Crippen LogP contribution in [0.4, 0.5) is 5.69 Å². The first-order chi connectivity index (χ1) is 17.2. The monoisotopic (exact) mass is 455 g/mol. The number of hydrogen-bond donors (Lipinski definition) is 0. The standard InChI is InChI=1S/C31H23N2O2/c34-33(35)30-18-10-11-24(21-30)19-20-29-22-27(25-12-4-1-5-13-25)23-31(26-14-6-2-7-15-26)32(29)28-16-8-3-9-17-28/h1-23H/q+1. The van der Waals surface area contributed by atoms with Gasteiger partial charge in [-0.05, 0) is 34.9 Å². The Morgan fingerprint density at radius 2 is 1.23 bits per heavy atom. The molecule has 0 saturated heterocycles. The molecule has 35 heavy (non-hydrogen) atoms. The van der Waals surface area contributed by atoms with Crippen molar-refractivity contribution in [2.24, 2.45) is 0 Å². The predicted octanol–water partition coefficient (Wildman–Crippen LogP) is 7.38. The number of rotatable bonds is 6. The van der Waals surface area contributed by atoms with Gasteiger partial charge in [-0.2, -0.15) is 4.57 Å². The van der Waals surface area contributed by atoms with Gasteiger partial charge in [-0.3, -0.25) is 10.1 Å². The van der Waals surface area contributed by atoms with Crippen LogP contribution in [0, 0.1) is 10.1 Å². The second-order valence-corrected chi connectivity index (χ2v) is 8.14. The van der Waals surface area contributed by atoms with E-state index in [4.69, 9.17) is 0 Å². The third-order valence-corrected chi connectivity index (χ3v) is 5.81. The Kier molecular flexibility index (Phi) is 6.27. The fraction of sp³-hybridized carbons (Fsp3) is 0. The highest BCUT2D eigenvalue weighted by Crippen LogP contribution is 2.27. The SMILES string of the molecule is O=[N+]([O-])c1cccc(C=Cc2cc(-c3ccccc3)cc(-c3ccccc3)[n+]2-c2ccccc2)c1. The van der Waals surface area contributed by atoms with Crippen LogP contribution >= 0.6 is 0 Å². The fourth-order valence-corrected chi connectivity index (χ4v) is 4.15. The zero-order chi connectivity index (χ0) is 24.0. The molecule has 4 aromatic carbocycles. The van der Waals surface area contributed by atoms with Gasteiger partial charge in [-0.1, -0.05) is 78.9 Å². The Balaban J connectivity index is 1.75. The number of pyridine rings is 1. The fourth-order valence-electron chi connectivity index (χ4n) is 4.15. The molecule has 4 nitrogen and oxygen atoms in total. The van der Waals surface area contributed by atoms with E-state index in [9.17, 15) is 10.1 Å². The Hall–Kier alpha value is -4.83. The van der Waals surface area contributed by atoms with Gasteiger partial charge in [0.25, 0.3) is 5.69 Å². The van der Waals surface area contributed by atoms with Gasteiger partial charge in [0.2, 0.25) is 17.1 Å². The number of nitro benzene ring substituents is 1. The maximum Gasteiger partial charge on any atom is 0.270 e. The molecule has 4 heteroatoms. The molecule has 0 aliphatic carbocycles. The summed E-state index contributed by atoms with van der Waals surface area (Å²) in [5.41, 5.74) is 7.20. The van der Waals surface area contributed by atoms with E-state index in [1.165, 1.54) is 6.07 Å². The maximum absolute atomic E-state index is 11.2. The summed E-state index contributed by atoms with van der Waals surface area (Å²) < 4.78 is 2.22. The zero-order valence-corrected chi connectivity index (χ0v) is 19.0. The number of non-ortho nitro benzene ring substituents is 1. The summed E-state index contributed by atoms with van der Waals surface area (Å²) in [7, 11) is 0. The van der Waals surface area contributed by atoms with Crippen molar-refractivity contribution in [3.63, 3.8) is 0 Å². The topological polar surface area (TPSA) is 47.0 Å². The molecule has 0 unspecified atom stereocenters. The van der Waals surface area contributed by atoms with E-state index in [2.05, 4.69) is 53.1 Å². The largest absolute Gasteiger partial charge is 0.270 e. The smallest absolute Gasteiger partial charge is 0.258 e. The van der Waals surface area contributed by atoms with Crippen LogP contribution in [0.15, 0.2) is 127 Å². The van der Waals surface area contributed by atoms with Crippen LogP contribution in [0.25, 0.3) is 40.2 Å². The summed E-state index contributed by atoms with van der Waals surface area (Å²) in [6.07, 6.45) is 3.94. The van der Waals surface area contributed by atoms with E-state index in [-0.39, 0.29) is 10.6 Å². The summed E-state index contributed by atoms with van der Waals surface area (Å²) in [5.74, 6) is 0. The number of para-hydroxylation sites is 1. The molecular weight excluding hydrogens is 432 g/mol. The second-order valence-electron chi connectivity index (χ2n) is 8.14. The lowest BCUT2D eigenvalue weighted by Crippen LogP contribution is -2.37. The number of nitrogens with zero attached hydrogens (tertiary/aromatic N) is 2. The lowest BCUT2D eigenvalue weighted by molar-refractivity contribution is -0.585. The Bertz CT molecular complexity index is 1500. The Labute approximate surface area is 204 Å². The Morgan fingerprint density at radius 1 is 0.600 bits per heavy atom. The van der Waals surface area contributed by atoms with E-state index in [0.29, 0.717) is 0 Å². The van der Waals surface area contributed by atoms with E-state index in [0.717, 1.165) is 39.3 Å². The van der Waals surface area contributed by atoms with E-state index >= 15 is 0 Å². The minimum Gasteiger partial charge on any atom is -0.258 e. The molecule has 0 radical (unpaired) electrons. The van der Waals surface area contributed by atoms with Gasteiger partial charge in [-0.25, -0.2) is 0 Å². The van der Waals surface area contributed by atoms with Crippen molar-refractivity contribution in [3.8, 4) is 28.1 Å². The van der Waals surface area contributed by atoms with Crippen LogP contribution in [0.5, 0.6) is 0 Å². The minimum atomic E-state index is -0.370. The lowest BCUT2D eigenvalue weighted by atomic mass is 10.0. The highest BCUT2D eigenvalue weighted by atomic mass is 16.6. The van der Waals surface area contributed by atoms with Crippen LogP contribution in [0.1, 0.15) is 11.3 Å². The van der Waals surface area contributed by atoms with Gasteiger partial charge in [-0.15, -0.1) is 0 Å². The Morgan fingerprint density at radius 3 is 1.89 bits per heavy atom. The third-order valence-electron chi connectivity index (χ3n) is 5.81. The summed E-state index contributed by atoms with van der Waals surface area (Å²) in [6.45, 7) is 0. The van der Waals surface area contributed by atoms with Crippen LogP contribution < -0.4 is 4.57 Å². The maximum atomic E-state index is 11.2.